The highest BCUT2D eigenvalue weighted by Gasteiger charge is 2.11. The van der Waals surface area contributed by atoms with Gasteiger partial charge in [-0.1, -0.05) is 32.9 Å². The van der Waals surface area contributed by atoms with E-state index in [4.69, 9.17) is 11.2 Å². The van der Waals surface area contributed by atoms with Crippen molar-refractivity contribution < 1.29 is 4.74 Å². The normalized spacial score (nSPS) is 13.8. The third kappa shape index (κ3) is 5.67. The van der Waals surface area contributed by atoms with Crippen molar-refractivity contribution in [3.8, 4) is 18.1 Å². The third-order valence-corrected chi connectivity index (χ3v) is 3.31. The first kappa shape index (κ1) is 16.6. The SMILES string of the molecule is C#CCC(CC)NC(C)c1ccc(OCC(C)C)cc1. The molecule has 0 bridgehead atoms. The first-order valence-corrected chi connectivity index (χ1v) is 7.49. The average Bonchev–Trinajstić information content (AvgIpc) is 2.45. The fourth-order valence-corrected chi connectivity index (χ4v) is 2.03. The molecule has 0 aliphatic carbocycles. The minimum atomic E-state index is 0.299. The Labute approximate surface area is 123 Å². The van der Waals surface area contributed by atoms with Crippen molar-refractivity contribution in [1.82, 2.24) is 5.32 Å². The van der Waals surface area contributed by atoms with Crippen LogP contribution in [0.2, 0.25) is 0 Å². The van der Waals surface area contributed by atoms with Gasteiger partial charge in [-0.05, 0) is 37.0 Å². The van der Waals surface area contributed by atoms with E-state index in [1.165, 1.54) is 5.56 Å². The summed E-state index contributed by atoms with van der Waals surface area (Å²) >= 11 is 0. The second kappa shape index (κ2) is 8.66. The zero-order valence-corrected chi connectivity index (χ0v) is 13.1. The molecule has 0 aliphatic heterocycles. The lowest BCUT2D eigenvalue weighted by Crippen LogP contribution is -2.30. The summed E-state index contributed by atoms with van der Waals surface area (Å²) in [5.41, 5.74) is 1.26. The van der Waals surface area contributed by atoms with Crippen LogP contribution in [-0.4, -0.2) is 12.6 Å². The predicted octanol–water partition coefficient (Wildman–Crippen LogP) is 4.17. The summed E-state index contributed by atoms with van der Waals surface area (Å²) in [6, 6.07) is 9.00. The minimum Gasteiger partial charge on any atom is -0.493 e. The van der Waals surface area contributed by atoms with Crippen molar-refractivity contribution in [1.29, 1.82) is 0 Å². The van der Waals surface area contributed by atoms with Gasteiger partial charge in [0, 0.05) is 18.5 Å². The highest BCUT2D eigenvalue weighted by Crippen LogP contribution is 2.19. The van der Waals surface area contributed by atoms with E-state index in [0.717, 1.165) is 25.2 Å². The molecule has 0 spiro atoms. The van der Waals surface area contributed by atoms with Crippen LogP contribution in [0.4, 0.5) is 0 Å². The van der Waals surface area contributed by atoms with E-state index in [0.29, 0.717) is 18.0 Å². The summed E-state index contributed by atoms with van der Waals surface area (Å²) in [5.74, 6) is 4.21. The van der Waals surface area contributed by atoms with Gasteiger partial charge in [-0.2, -0.15) is 0 Å². The summed E-state index contributed by atoms with van der Waals surface area (Å²) in [6.07, 6.45) is 7.21. The molecule has 2 nitrogen and oxygen atoms in total. The zero-order chi connectivity index (χ0) is 15.0. The van der Waals surface area contributed by atoms with E-state index in [9.17, 15) is 0 Å². The molecule has 0 saturated heterocycles. The van der Waals surface area contributed by atoms with E-state index >= 15 is 0 Å². The molecular formula is C18H27NO. The monoisotopic (exact) mass is 273 g/mol. The van der Waals surface area contributed by atoms with E-state index in [-0.39, 0.29) is 0 Å². The van der Waals surface area contributed by atoms with Crippen LogP contribution in [0.1, 0.15) is 52.1 Å². The summed E-state index contributed by atoms with van der Waals surface area (Å²) in [7, 11) is 0. The van der Waals surface area contributed by atoms with E-state index in [2.05, 4.69) is 51.1 Å². The fraction of sp³-hybridized carbons (Fsp3) is 0.556. The Morgan fingerprint density at radius 3 is 2.35 bits per heavy atom. The smallest absolute Gasteiger partial charge is 0.119 e. The molecule has 0 aromatic heterocycles. The Morgan fingerprint density at radius 1 is 1.20 bits per heavy atom. The Bertz CT molecular complexity index is 416. The van der Waals surface area contributed by atoms with Gasteiger partial charge in [0.2, 0.25) is 0 Å². The molecule has 20 heavy (non-hydrogen) atoms. The number of terminal acetylenes is 1. The molecule has 0 radical (unpaired) electrons. The largest absolute Gasteiger partial charge is 0.493 e. The standard InChI is InChI=1S/C18H27NO/c1-6-8-17(7-2)19-15(5)16-9-11-18(12-10-16)20-13-14(3)4/h1,9-12,14-15,17,19H,7-8,13H2,2-5H3. The van der Waals surface area contributed by atoms with Gasteiger partial charge in [0.25, 0.3) is 0 Å². The van der Waals surface area contributed by atoms with Crippen LogP contribution in [0.3, 0.4) is 0 Å². The van der Waals surface area contributed by atoms with Gasteiger partial charge in [-0.3, -0.25) is 0 Å². The molecule has 1 N–H and O–H groups in total. The van der Waals surface area contributed by atoms with Crippen LogP contribution in [0.25, 0.3) is 0 Å². The number of hydrogen-bond acceptors (Lipinski definition) is 2. The molecule has 0 amide bonds. The van der Waals surface area contributed by atoms with Crippen molar-refractivity contribution in [2.75, 3.05) is 6.61 Å². The van der Waals surface area contributed by atoms with Gasteiger partial charge < -0.3 is 10.1 Å². The molecule has 2 heteroatoms. The van der Waals surface area contributed by atoms with Crippen LogP contribution < -0.4 is 10.1 Å². The number of hydrogen-bond donors (Lipinski definition) is 1. The van der Waals surface area contributed by atoms with Crippen LogP contribution in [0, 0.1) is 18.3 Å². The Morgan fingerprint density at radius 2 is 1.85 bits per heavy atom. The summed E-state index contributed by atoms with van der Waals surface area (Å²) in [6.45, 7) is 9.38. The van der Waals surface area contributed by atoms with Gasteiger partial charge in [0.05, 0.1) is 6.61 Å². The fourth-order valence-electron chi connectivity index (χ4n) is 2.03. The second-order valence-electron chi connectivity index (χ2n) is 5.68. The quantitative estimate of drug-likeness (QED) is 0.718. The summed E-state index contributed by atoms with van der Waals surface area (Å²) in [5, 5.41) is 3.57. The Hall–Kier alpha value is -1.46. The van der Waals surface area contributed by atoms with Gasteiger partial charge in [0.15, 0.2) is 0 Å². The lowest BCUT2D eigenvalue weighted by Gasteiger charge is -2.21. The van der Waals surface area contributed by atoms with Crippen LogP contribution in [0.15, 0.2) is 24.3 Å². The molecule has 2 atom stereocenters. The maximum absolute atomic E-state index is 5.70. The second-order valence-corrected chi connectivity index (χ2v) is 5.68. The van der Waals surface area contributed by atoms with Gasteiger partial charge in [0.1, 0.15) is 5.75 Å². The van der Waals surface area contributed by atoms with Crippen molar-refractivity contribution in [2.45, 2.75) is 52.6 Å². The highest BCUT2D eigenvalue weighted by molar-refractivity contribution is 5.29. The van der Waals surface area contributed by atoms with Crippen LogP contribution in [0.5, 0.6) is 5.75 Å². The molecule has 1 rings (SSSR count). The van der Waals surface area contributed by atoms with Crippen molar-refractivity contribution in [3.63, 3.8) is 0 Å². The van der Waals surface area contributed by atoms with Gasteiger partial charge >= 0.3 is 0 Å². The predicted molar refractivity (Wildman–Crippen MR) is 85.9 cm³/mol. The molecule has 0 heterocycles. The molecular weight excluding hydrogens is 246 g/mol. The zero-order valence-electron chi connectivity index (χ0n) is 13.1. The molecule has 0 aliphatic rings. The topological polar surface area (TPSA) is 21.3 Å². The van der Waals surface area contributed by atoms with Crippen LogP contribution in [-0.2, 0) is 0 Å². The Kier molecular flexibility index (Phi) is 7.18. The first-order valence-electron chi connectivity index (χ1n) is 7.49. The minimum absolute atomic E-state index is 0.299. The number of ether oxygens (including phenoxy) is 1. The number of benzene rings is 1. The van der Waals surface area contributed by atoms with Gasteiger partial charge in [-0.25, -0.2) is 0 Å². The average molecular weight is 273 g/mol. The van der Waals surface area contributed by atoms with Crippen LogP contribution >= 0.6 is 0 Å². The number of nitrogens with one attached hydrogen (secondary N) is 1. The summed E-state index contributed by atoms with van der Waals surface area (Å²) in [4.78, 5) is 0. The van der Waals surface area contributed by atoms with Crippen molar-refractivity contribution in [2.24, 2.45) is 5.92 Å². The number of rotatable bonds is 8. The highest BCUT2D eigenvalue weighted by atomic mass is 16.5. The maximum atomic E-state index is 5.70. The van der Waals surface area contributed by atoms with E-state index < -0.39 is 0 Å². The molecule has 1 aromatic carbocycles. The maximum Gasteiger partial charge on any atom is 0.119 e. The lowest BCUT2D eigenvalue weighted by molar-refractivity contribution is 0.271. The van der Waals surface area contributed by atoms with E-state index in [1.54, 1.807) is 0 Å². The summed E-state index contributed by atoms with van der Waals surface area (Å²) < 4.78 is 5.70. The van der Waals surface area contributed by atoms with Crippen molar-refractivity contribution in [3.05, 3.63) is 29.8 Å². The third-order valence-electron chi connectivity index (χ3n) is 3.31. The molecule has 110 valence electrons. The molecule has 0 saturated carbocycles. The lowest BCUT2D eigenvalue weighted by atomic mass is 10.1. The Balaban J connectivity index is 2.56. The van der Waals surface area contributed by atoms with E-state index in [1.807, 2.05) is 12.1 Å². The molecule has 1 aromatic rings. The van der Waals surface area contributed by atoms with Crippen molar-refractivity contribution >= 4 is 0 Å². The molecule has 0 fully saturated rings. The first-order chi connectivity index (χ1) is 9.56. The molecule has 2 unspecified atom stereocenters. The van der Waals surface area contributed by atoms with Gasteiger partial charge in [-0.15, -0.1) is 12.3 Å².